The summed E-state index contributed by atoms with van der Waals surface area (Å²) in [6.45, 7) is 2.81. The number of nitrogens with zero attached hydrogens (tertiary/aromatic N) is 2. The largest absolute Gasteiger partial charge is 0.349 e. The van der Waals surface area contributed by atoms with E-state index in [1.807, 2.05) is 19.1 Å². The molecule has 5 nitrogen and oxygen atoms in total. The SMILES string of the molecule is Cc1ccc(C(=O)N[C@@H]2C[C@H]3CC[C@H]2C3)c(C2CCN(C(=O)c3cc(F)cc(F)c3)CC2)n1. The summed E-state index contributed by atoms with van der Waals surface area (Å²) in [7, 11) is 0. The number of hydrogen-bond donors (Lipinski definition) is 1. The average molecular weight is 454 g/mol. The summed E-state index contributed by atoms with van der Waals surface area (Å²) in [6.07, 6.45) is 6.09. The smallest absolute Gasteiger partial charge is 0.254 e. The minimum absolute atomic E-state index is 0.0190. The highest BCUT2D eigenvalue weighted by Crippen LogP contribution is 2.44. The van der Waals surface area contributed by atoms with Gasteiger partial charge in [0.05, 0.1) is 11.3 Å². The first-order valence-electron chi connectivity index (χ1n) is 11.9. The molecule has 2 heterocycles. The Balaban J connectivity index is 1.28. The molecule has 1 aromatic heterocycles. The third-order valence-corrected chi connectivity index (χ3v) is 7.64. The zero-order valence-corrected chi connectivity index (χ0v) is 18.8. The van der Waals surface area contributed by atoms with Gasteiger partial charge < -0.3 is 10.2 Å². The maximum Gasteiger partial charge on any atom is 0.254 e. The molecule has 2 bridgehead atoms. The molecule has 1 aliphatic heterocycles. The van der Waals surface area contributed by atoms with Gasteiger partial charge in [-0.3, -0.25) is 14.6 Å². The van der Waals surface area contributed by atoms with E-state index in [1.165, 1.54) is 19.3 Å². The Hall–Kier alpha value is -2.83. The quantitative estimate of drug-likeness (QED) is 0.736. The maximum atomic E-state index is 13.5. The van der Waals surface area contributed by atoms with Crippen LogP contribution >= 0.6 is 0 Å². The molecular weight excluding hydrogens is 424 g/mol. The first-order chi connectivity index (χ1) is 15.9. The predicted molar refractivity (Wildman–Crippen MR) is 120 cm³/mol. The number of halogens is 2. The summed E-state index contributed by atoms with van der Waals surface area (Å²) < 4.78 is 27.1. The number of amides is 2. The number of fused-ring (bicyclic) bond motifs is 2. The van der Waals surface area contributed by atoms with Crippen LogP contribution in [0.2, 0.25) is 0 Å². The Morgan fingerprint density at radius 1 is 1.00 bits per heavy atom. The van der Waals surface area contributed by atoms with Crippen molar-refractivity contribution < 1.29 is 18.4 Å². The number of hydrogen-bond acceptors (Lipinski definition) is 3. The molecule has 2 amide bonds. The van der Waals surface area contributed by atoms with Crippen LogP contribution in [0.15, 0.2) is 30.3 Å². The molecule has 3 aliphatic rings. The molecule has 2 saturated carbocycles. The molecule has 1 saturated heterocycles. The molecule has 174 valence electrons. The molecule has 1 aromatic carbocycles. The standard InChI is InChI=1S/C26H29F2N3O2/c1-15-2-5-22(25(32)30-23-11-16-3-4-18(23)10-16)24(29-15)17-6-8-31(9-7-17)26(33)19-12-20(27)14-21(28)13-19/h2,5,12-14,16-18,23H,3-4,6-11H2,1H3,(H,30,32)/t16-,18-,23+/m0/s1. The van der Waals surface area contributed by atoms with Crippen molar-refractivity contribution in [1.82, 2.24) is 15.2 Å². The van der Waals surface area contributed by atoms with Crippen molar-refractivity contribution in [3.8, 4) is 0 Å². The Morgan fingerprint density at radius 2 is 1.73 bits per heavy atom. The van der Waals surface area contributed by atoms with E-state index in [9.17, 15) is 18.4 Å². The molecule has 5 rings (SSSR count). The Bertz CT molecular complexity index is 1060. The molecule has 0 spiro atoms. The predicted octanol–water partition coefficient (Wildman–Crippen LogP) is 4.61. The summed E-state index contributed by atoms with van der Waals surface area (Å²) in [5.74, 6) is -0.542. The second kappa shape index (κ2) is 8.84. The Kier molecular flexibility index (Phi) is 5.89. The number of rotatable bonds is 4. The topological polar surface area (TPSA) is 62.3 Å². The van der Waals surface area contributed by atoms with Crippen LogP contribution in [-0.2, 0) is 0 Å². The molecule has 1 N–H and O–H groups in total. The molecule has 3 fully saturated rings. The zero-order chi connectivity index (χ0) is 23.1. The van der Waals surface area contributed by atoms with Gasteiger partial charge in [-0.25, -0.2) is 8.78 Å². The van der Waals surface area contributed by atoms with Crippen molar-refractivity contribution in [1.29, 1.82) is 0 Å². The van der Waals surface area contributed by atoms with Crippen LogP contribution in [-0.4, -0.2) is 40.8 Å². The molecule has 2 aliphatic carbocycles. The molecule has 2 aromatic rings. The van der Waals surface area contributed by atoms with Gasteiger partial charge >= 0.3 is 0 Å². The highest BCUT2D eigenvalue weighted by Gasteiger charge is 2.40. The van der Waals surface area contributed by atoms with E-state index in [0.717, 1.165) is 41.9 Å². The molecule has 3 atom stereocenters. The fourth-order valence-corrected chi connectivity index (χ4v) is 5.96. The van der Waals surface area contributed by atoms with Gasteiger partial charge in [-0.05, 0) is 75.1 Å². The lowest BCUT2D eigenvalue weighted by Crippen LogP contribution is -2.40. The van der Waals surface area contributed by atoms with Gasteiger partial charge in [0.1, 0.15) is 11.6 Å². The van der Waals surface area contributed by atoms with Gasteiger partial charge in [-0.1, -0.05) is 6.42 Å². The molecule has 0 unspecified atom stereocenters. The van der Waals surface area contributed by atoms with Gasteiger partial charge in [0, 0.05) is 42.4 Å². The number of nitrogens with one attached hydrogen (secondary N) is 1. The highest BCUT2D eigenvalue weighted by atomic mass is 19.1. The van der Waals surface area contributed by atoms with Crippen LogP contribution in [0.25, 0.3) is 0 Å². The van der Waals surface area contributed by atoms with Crippen LogP contribution in [0.1, 0.15) is 76.5 Å². The highest BCUT2D eigenvalue weighted by molar-refractivity contribution is 5.96. The second-order valence-corrected chi connectivity index (χ2v) is 9.86. The van der Waals surface area contributed by atoms with E-state index < -0.39 is 11.6 Å². The maximum absolute atomic E-state index is 13.5. The molecule has 0 radical (unpaired) electrons. The van der Waals surface area contributed by atoms with Gasteiger partial charge in [0.15, 0.2) is 0 Å². The Labute approximate surface area is 192 Å². The van der Waals surface area contributed by atoms with E-state index in [-0.39, 0.29) is 29.3 Å². The monoisotopic (exact) mass is 453 g/mol. The van der Waals surface area contributed by atoms with Crippen molar-refractivity contribution in [2.24, 2.45) is 11.8 Å². The van der Waals surface area contributed by atoms with Crippen molar-refractivity contribution in [2.75, 3.05) is 13.1 Å². The number of piperidine rings is 1. The van der Waals surface area contributed by atoms with Gasteiger partial charge in [-0.2, -0.15) is 0 Å². The van der Waals surface area contributed by atoms with Gasteiger partial charge in [0.25, 0.3) is 11.8 Å². The summed E-state index contributed by atoms with van der Waals surface area (Å²) in [5, 5.41) is 3.27. The van der Waals surface area contributed by atoms with Crippen LogP contribution in [0.4, 0.5) is 8.78 Å². The zero-order valence-electron chi connectivity index (χ0n) is 18.8. The number of benzene rings is 1. The van der Waals surface area contributed by atoms with Crippen molar-refractivity contribution in [3.63, 3.8) is 0 Å². The number of aromatic nitrogens is 1. The van der Waals surface area contributed by atoms with Gasteiger partial charge in [0.2, 0.25) is 0 Å². The summed E-state index contributed by atoms with van der Waals surface area (Å²) in [4.78, 5) is 32.3. The summed E-state index contributed by atoms with van der Waals surface area (Å²) >= 11 is 0. The van der Waals surface area contributed by atoms with E-state index in [1.54, 1.807) is 4.90 Å². The summed E-state index contributed by atoms with van der Waals surface area (Å²) in [6, 6.07) is 6.89. The number of carbonyl (C=O) groups excluding carboxylic acids is 2. The first kappa shape index (κ1) is 22.0. The lowest BCUT2D eigenvalue weighted by atomic mass is 9.89. The minimum atomic E-state index is -0.761. The van der Waals surface area contributed by atoms with E-state index in [2.05, 4.69) is 5.32 Å². The van der Waals surface area contributed by atoms with Gasteiger partial charge in [-0.15, -0.1) is 0 Å². The van der Waals surface area contributed by atoms with E-state index in [0.29, 0.717) is 37.4 Å². The fourth-order valence-electron chi connectivity index (χ4n) is 5.96. The summed E-state index contributed by atoms with van der Waals surface area (Å²) in [5.41, 5.74) is 2.29. The lowest BCUT2D eigenvalue weighted by Gasteiger charge is -2.33. The minimum Gasteiger partial charge on any atom is -0.349 e. The van der Waals surface area contributed by atoms with Crippen LogP contribution in [0.5, 0.6) is 0 Å². The normalized spacial score (nSPS) is 24.8. The van der Waals surface area contributed by atoms with Crippen LogP contribution in [0, 0.1) is 30.4 Å². The first-order valence-corrected chi connectivity index (χ1v) is 11.9. The number of pyridine rings is 1. The lowest BCUT2D eigenvalue weighted by molar-refractivity contribution is 0.0709. The van der Waals surface area contributed by atoms with Crippen LogP contribution < -0.4 is 5.32 Å². The third-order valence-electron chi connectivity index (χ3n) is 7.64. The van der Waals surface area contributed by atoms with E-state index in [4.69, 9.17) is 4.98 Å². The van der Waals surface area contributed by atoms with Crippen LogP contribution in [0.3, 0.4) is 0 Å². The fraction of sp³-hybridized carbons (Fsp3) is 0.500. The van der Waals surface area contributed by atoms with Crippen molar-refractivity contribution >= 4 is 11.8 Å². The third kappa shape index (κ3) is 4.50. The van der Waals surface area contributed by atoms with Crippen molar-refractivity contribution in [3.05, 3.63) is 64.5 Å². The van der Waals surface area contributed by atoms with E-state index >= 15 is 0 Å². The average Bonchev–Trinajstić information content (AvgIpc) is 3.41. The molecular formula is C26H29F2N3O2. The molecule has 33 heavy (non-hydrogen) atoms. The number of carbonyl (C=O) groups is 2. The van der Waals surface area contributed by atoms with Crippen molar-refractivity contribution in [2.45, 2.75) is 57.4 Å². The number of likely N-dealkylation sites (tertiary alicyclic amines) is 1. The number of aryl methyl sites for hydroxylation is 1. The molecule has 7 heteroatoms. The second-order valence-electron chi connectivity index (χ2n) is 9.86. The Morgan fingerprint density at radius 3 is 2.36 bits per heavy atom.